The molecule has 80 valence electrons. The van der Waals surface area contributed by atoms with Gasteiger partial charge in [-0.15, -0.1) is 0 Å². The molecule has 0 saturated carbocycles. The molecule has 11 heteroatoms. The van der Waals surface area contributed by atoms with E-state index in [9.17, 15) is 0 Å². The Kier molecular flexibility index (Phi) is 12000. The molecular formula is H14CaCl4O6. The van der Waals surface area contributed by atoms with Crippen LogP contribution in [-0.2, 0) is 0 Å². The summed E-state index contributed by atoms with van der Waals surface area (Å²) in [7, 11) is 0. The molecule has 0 saturated heterocycles. The fourth-order valence-corrected chi connectivity index (χ4v) is 0. The minimum Gasteiger partial charge on any atom is -1.00 e. The summed E-state index contributed by atoms with van der Waals surface area (Å²) in [4.78, 5) is 0. The Morgan fingerprint density at radius 3 is 0.364 bits per heavy atom. The molecule has 0 aliphatic carbocycles. The third-order valence-corrected chi connectivity index (χ3v) is 0. The van der Waals surface area contributed by atoms with Gasteiger partial charge in [0.05, 0.1) is 12.4 Å². The van der Waals surface area contributed by atoms with Gasteiger partial charge in [-0.1, -0.05) is 0 Å². The summed E-state index contributed by atoms with van der Waals surface area (Å²) in [5.74, 6) is 0. The maximum absolute atomic E-state index is 0. The molecule has 0 aliphatic heterocycles. The Hall–Kier alpha value is 2.18. The fraction of sp³-hybridized carbons (Fsp3) is 0. The summed E-state index contributed by atoms with van der Waals surface area (Å²) in [6, 6.07) is 0. The van der Waals surface area contributed by atoms with Crippen LogP contribution in [0.2, 0.25) is 0 Å². The van der Waals surface area contributed by atoms with E-state index in [-0.39, 0.29) is 120 Å². The number of rotatable bonds is 0. The van der Waals surface area contributed by atoms with E-state index >= 15 is 0 Å². The maximum atomic E-state index is 0. The normalized spacial score (nSPS) is 0. The van der Waals surface area contributed by atoms with Crippen LogP contribution in [0, 0.1) is 12.4 Å². The first kappa shape index (κ1) is 412. The van der Waals surface area contributed by atoms with E-state index in [1.807, 2.05) is 0 Å². The molecule has 6 nitrogen and oxygen atoms in total. The largest absolute Gasteiger partial charge is 2.00 e. The third kappa shape index (κ3) is 266. The molecule has 0 bridgehead atoms. The van der Waals surface area contributed by atoms with Gasteiger partial charge in [-0.3, -0.25) is 0 Å². The van der Waals surface area contributed by atoms with E-state index in [1.165, 1.54) is 0 Å². The summed E-state index contributed by atoms with van der Waals surface area (Å²) < 4.78 is 0. The molecular weight excluding hydrogens is 278 g/mol. The smallest absolute Gasteiger partial charge is 1.00 e. The standard InChI is InChI=1S/Ca.ClH2.3ClH.6H2O/h;1H2;3*1H;6*1H2/q+2;+1;;;;;;;;;/p-3. The average Bonchev–Trinajstić information content (AvgIpc) is 0. The van der Waals surface area contributed by atoms with Crippen molar-refractivity contribution in [3.63, 3.8) is 0 Å². The molecule has 12 N–H and O–H groups in total. The zero-order valence-corrected chi connectivity index (χ0v) is 10.7. The van der Waals surface area contributed by atoms with Crippen LogP contribution >= 0.6 is 0 Å². The predicted octanol–water partition coefficient (Wildman–Crippen LogP) is -14.9. The molecule has 0 spiro atoms. The Bertz CT molecular complexity index is 14.5. The van der Waals surface area contributed by atoms with Gasteiger partial charge in [0.15, 0.2) is 0 Å². The molecule has 0 aromatic heterocycles. The summed E-state index contributed by atoms with van der Waals surface area (Å²) in [6.45, 7) is 0. The van der Waals surface area contributed by atoms with Crippen molar-refractivity contribution in [2.24, 2.45) is 0 Å². The van der Waals surface area contributed by atoms with Crippen LogP contribution in [0.4, 0.5) is 0 Å². The Morgan fingerprint density at radius 1 is 0.364 bits per heavy atom. The van der Waals surface area contributed by atoms with Crippen molar-refractivity contribution >= 4 is 37.7 Å². The van der Waals surface area contributed by atoms with Crippen molar-refractivity contribution in [3.8, 4) is 0 Å². The van der Waals surface area contributed by atoms with E-state index in [2.05, 4.69) is 0 Å². The number of hydrogen-bond donors (Lipinski definition) is 0. The van der Waals surface area contributed by atoms with E-state index in [1.54, 1.807) is 0 Å². The van der Waals surface area contributed by atoms with Gasteiger partial charge in [0.1, 0.15) is 0 Å². The zero-order chi connectivity index (χ0) is 0. The second-order valence-corrected chi connectivity index (χ2v) is 0. The second kappa shape index (κ2) is 320. The topological polar surface area (TPSA) is 189 Å². The first-order valence-electron chi connectivity index (χ1n) is 0. The molecule has 0 aromatic carbocycles. The molecule has 0 aliphatic rings. The molecule has 0 heterocycles. The first-order valence-corrected chi connectivity index (χ1v) is 0. The SMILES string of the molecule is O.O.O.O.O.O.[Ca+2].[Cl-].[Cl-].[Cl-].[ClH2+]. The summed E-state index contributed by atoms with van der Waals surface area (Å²) in [5.41, 5.74) is 0. The van der Waals surface area contributed by atoms with Gasteiger partial charge in [-0.2, -0.15) is 0 Å². The van der Waals surface area contributed by atoms with Gasteiger partial charge in [0.2, 0.25) is 0 Å². The van der Waals surface area contributed by atoms with Crippen molar-refractivity contribution in [2.45, 2.75) is 0 Å². The molecule has 0 radical (unpaired) electrons. The van der Waals surface area contributed by atoms with E-state index in [4.69, 9.17) is 0 Å². The van der Waals surface area contributed by atoms with Gasteiger partial charge in [0.25, 0.3) is 0 Å². The van der Waals surface area contributed by atoms with Gasteiger partial charge in [-0.05, 0) is 0 Å². The van der Waals surface area contributed by atoms with Gasteiger partial charge >= 0.3 is 37.7 Å². The average molecular weight is 292 g/mol. The summed E-state index contributed by atoms with van der Waals surface area (Å²) in [5, 5.41) is 0. The van der Waals surface area contributed by atoms with Crippen LogP contribution in [0.3, 0.4) is 0 Å². The van der Waals surface area contributed by atoms with Crippen molar-refractivity contribution in [2.75, 3.05) is 0 Å². The minimum atomic E-state index is 0. The predicted molar refractivity (Wildman–Crippen MR) is 30.2 cm³/mol. The van der Waals surface area contributed by atoms with Gasteiger partial charge in [0, 0.05) is 0 Å². The van der Waals surface area contributed by atoms with Crippen molar-refractivity contribution in [1.82, 2.24) is 0 Å². The van der Waals surface area contributed by atoms with Crippen LogP contribution < -0.4 is 37.2 Å². The molecule has 0 fully saturated rings. The van der Waals surface area contributed by atoms with Crippen molar-refractivity contribution in [1.29, 1.82) is 0 Å². The van der Waals surface area contributed by atoms with Crippen molar-refractivity contribution < 1.29 is 82.5 Å². The van der Waals surface area contributed by atoms with Crippen LogP contribution in [0.25, 0.3) is 0 Å². The van der Waals surface area contributed by atoms with Gasteiger partial charge < -0.3 is 70.1 Å². The molecule has 11 heavy (non-hydrogen) atoms. The number of halogens is 4. The number of hydrogen-bond acceptors (Lipinski definition) is 0. The quantitative estimate of drug-likeness (QED) is 0.383. The second-order valence-electron chi connectivity index (χ2n) is 0. The fourth-order valence-electron chi connectivity index (χ4n) is 0. The van der Waals surface area contributed by atoms with E-state index in [0.717, 1.165) is 0 Å². The Labute approximate surface area is 119 Å². The van der Waals surface area contributed by atoms with Crippen LogP contribution in [-0.4, -0.2) is 70.6 Å². The minimum absolute atomic E-state index is 0. The molecule has 0 atom stereocenters. The van der Waals surface area contributed by atoms with Crippen LogP contribution in [0.15, 0.2) is 0 Å². The molecule has 0 rings (SSSR count). The monoisotopic (exact) mass is 290 g/mol. The first-order chi connectivity index (χ1) is 0. The summed E-state index contributed by atoms with van der Waals surface area (Å²) in [6.07, 6.45) is 0. The van der Waals surface area contributed by atoms with Gasteiger partial charge in [-0.25, -0.2) is 0 Å². The van der Waals surface area contributed by atoms with E-state index < -0.39 is 0 Å². The third-order valence-electron chi connectivity index (χ3n) is 0. The summed E-state index contributed by atoms with van der Waals surface area (Å²) >= 11 is 0. The Balaban J connectivity index is 0. The van der Waals surface area contributed by atoms with Crippen molar-refractivity contribution in [3.05, 3.63) is 0 Å². The van der Waals surface area contributed by atoms with Crippen LogP contribution in [0.1, 0.15) is 0 Å². The van der Waals surface area contributed by atoms with E-state index in [0.29, 0.717) is 0 Å². The maximum Gasteiger partial charge on any atom is 2.00 e. The zero-order valence-electron chi connectivity index (χ0n) is 5.29. The molecule has 0 aromatic rings. The molecule has 0 amide bonds. The molecule has 0 unspecified atom stereocenters. The Morgan fingerprint density at radius 2 is 0.364 bits per heavy atom. The van der Waals surface area contributed by atoms with Crippen LogP contribution in [0.5, 0.6) is 0 Å².